The second kappa shape index (κ2) is 3.75. The molecule has 86 valence electrons. The van der Waals surface area contributed by atoms with Gasteiger partial charge >= 0.3 is 0 Å². The minimum absolute atomic E-state index is 0.0233. The molecule has 0 amide bonds. The average molecular weight is 219 g/mol. The molecule has 0 bridgehead atoms. The number of nitrogens with one attached hydrogen (secondary N) is 1. The van der Waals surface area contributed by atoms with Gasteiger partial charge in [0, 0.05) is 18.5 Å². The Bertz CT molecular complexity index is 399. The molecule has 0 spiro atoms. The van der Waals surface area contributed by atoms with Gasteiger partial charge in [-0.05, 0) is 30.0 Å². The maximum atomic E-state index is 9.21. The molecular formula is C13H17NO2. The highest BCUT2D eigenvalue weighted by Crippen LogP contribution is 2.35. The monoisotopic (exact) mass is 219 g/mol. The molecule has 1 aromatic carbocycles. The lowest BCUT2D eigenvalue weighted by atomic mass is 10.1. The summed E-state index contributed by atoms with van der Waals surface area (Å²) in [5, 5.41) is 12.6. The quantitative estimate of drug-likeness (QED) is 0.800. The molecule has 3 rings (SSSR count). The number of rotatable bonds is 4. The van der Waals surface area contributed by atoms with Gasteiger partial charge in [-0.1, -0.05) is 12.1 Å². The van der Waals surface area contributed by atoms with E-state index in [0.29, 0.717) is 0 Å². The van der Waals surface area contributed by atoms with Crippen LogP contribution in [0.2, 0.25) is 0 Å². The standard InChI is InChI=1S/C13H17NO2/c15-9-13(4-5-13)14-8-10-1-2-12-11(7-10)3-6-16-12/h1-2,7,14-15H,3-6,8-9H2. The molecule has 1 fully saturated rings. The van der Waals surface area contributed by atoms with Crippen molar-refractivity contribution in [3.05, 3.63) is 29.3 Å². The van der Waals surface area contributed by atoms with Crippen molar-refractivity contribution in [2.24, 2.45) is 0 Å². The summed E-state index contributed by atoms with van der Waals surface area (Å²) in [5.74, 6) is 1.03. The van der Waals surface area contributed by atoms with Gasteiger partial charge in [0.15, 0.2) is 0 Å². The molecule has 0 saturated heterocycles. The lowest BCUT2D eigenvalue weighted by Gasteiger charge is -2.14. The van der Waals surface area contributed by atoms with Crippen molar-refractivity contribution < 1.29 is 9.84 Å². The molecule has 0 aromatic heterocycles. The fraction of sp³-hybridized carbons (Fsp3) is 0.538. The van der Waals surface area contributed by atoms with Crippen LogP contribution < -0.4 is 10.1 Å². The Labute approximate surface area is 95.4 Å². The third-order valence-electron chi connectivity index (χ3n) is 3.58. The van der Waals surface area contributed by atoms with Crippen molar-refractivity contribution in [1.82, 2.24) is 5.32 Å². The van der Waals surface area contributed by atoms with Gasteiger partial charge in [-0.25, -0.2) is 0 Å². The summed E-state index contributed by atoms with van der Waals surface area (Å²) in [6.45, 7) is 1.90. The predicted molar refractivity (Wildman–Crippen MR) is 61.5 cm³/mol. The molecule has 16 heavy (non-hydrogen) atoms. The molecule has 1 aliphatic carbocycles. The number of fused-ring (bicyclic) bond motifs is 1. The first kappa shape index (κ1) is 10.1. The maximum absolute atomic E-state index is 9.21. The van der Waals surface area contributed by atoms with Crippen LogP contribution in [0.15, 0.2) is 18.2 Å². The van der Waals surface area contributed by atoms with Gasteiger partial charge < -0.3 is 15.2 Å². The van der Waals surface area contributed by atoms with Crippen molar-refractivity contribution in [3.63, 3.8) is 0 Å². The fourth-order valence-corrected chi connectivity index (χ4v) is 2.18. The SMILES string of the molecule is OCC1(NCc2ccc3c(c2)CCO3)CC1. The molecule has 2 N–H and O–H groups in total. The van der Waals surface area contributed by atoms with Crippen LogP contribution >= 0.6 is 0 Å². The van der Waals surface area contributed by atoms with Crippen molar-refractivity contribution >= 4 is 0 Å². The summed E-state index contributed by atoms with van der Waals surface area (Å²) in [4.78, 5) is 0. The second-order valence-corrected chi connectivity index (χ2v) is 4.83. The highest BCUT2D eigenvalue weighted by atomic mass is 16.5. The van der Waals surface area contributed by atoms with E-state index in [0.717, 1.165) is 38.2 Å². The molecule has 1 aromatic rings. The van der Waals surface area contributed by atoms with E-state index in [1.807, 2.05) is 0 Å². The third-order valence-corrected chi connectivity index (χ3v) is 3.58. The number of benzene rings is 1. The van der Waals surface area contributed by atoms with Crippen molar-refractivity contribution in [2.45, 2.75) is 31.3 Å². The van der Waals surface area contributed by atoms with E-state index < -0.39 is 0 Å². The van der Waals surface area contributed by atoms with Crippen molar-refractivity contribution in [1.29, 1.82) is 0 Å². The Balaban J connectivity index is 1.66. The van der Waals surface area contributed by atoms with E-state index in [2.05, 4.69) is 23.5 Å². The largest absolute Gasteiger partial charge is 0.493 e. The summed E-state index contributed by atoms with van der Waals surface area (Å²) < 4.78 is 5.47. The highest BCUT2D eigenvalue weighted by molar-refractivity contribution is 5.39. The molecule has 1 heterocycles. The number of ether oxygens (including phenoxy) is 1. The van der Waals surface area contributed by atoms with E-state index in [1.165, 1.54) is 11.1 Å². The van der Waals surface area contributed by atoms with Crippen LogP contribution in [0.4, 0.5) is 0 Å². The van der Waals surface area contributed by atoms with Crippen LogP contribution in [0, 0.1) is 0 Å². The molecule has 0 unspecified atom stereocenters. The zero-order valence-corrected chi connectivity index (χ0v) is 9.33. The molecular weight excluding hydrogens is 202 g/mol. The Morgan fingerprint density at radius 1 is 1.38 bits per heavy atom. The number of aliphatic hydroxyl groups is 1. The number of hydrogen-bond donors (Lipinski definition) is 2. The highest BCUT2D eigenvalue weighted by Gasteiger charge is 2.41. The third kappa shape index (κ3) is 1.81. The molecule has 0 atom stereocenters. The van der Waals surface area contributed by atoms with Gasteiger partial charge in [0.05, 0.1) is 13.2 Å². The molecule has 2 aliphatic rings. The summed E-state index contributed by atoms with van der Waals surface area (Å²) >= 11 is 0. The van der Waals surface area contributed by atoms with Crippen LogP contribution in [0.25, 0.3) is 0 Å². The minimum Gasteiger partial charge on any atom is -0.493 e. The minimum atomic E-state index is 0.0233. The van der Waals surface area contributed by atoms with Crippen LogP contribution in [0.5, 0.6) is 5.75 Å². The molecule has 1 saturated carbocycles. The Morgan fingerprint density at radius 3 is 3.00 bits per heavy atom. The van der Waals surface area contributed by atoms with Gasteiger partial charge in [0.25, 0.3) is 0 Å². The van der Waals surface area contributed by atoms with E-state index >= 15 is 0 Å². The predicted octanol–water partition coefficient (Wildman–Crippen LogP) is 1.24. The molecule has 0 radical (unpaired) electrons. The lowest BCUT2D eigenvalue weighted by molar-refractivity contribution is 0.229. The molecule has 3 nitrogen and oxygen atoms in total. The zero-order valence-electron chi connectivity index (χ0n) is 9.33. The second-order valence-electron chi connectivity index (χ2n) is 4.83. The summed E-state index contributed by atoms with van der Waals surface area (Å²) in [5.41, 5.74) is 2.62. The van der Waals surface area contributed by atoms with E-state index in [9.17, 15) is 5.11 Å². The fourth-order valence-electron chi connectivity index (χ4n) is 2.18. The van der Waals surface area contributed by atoms with Crippen LogP contribution in [0.1, 0.15) is 24.0 Å². The Kier molecular flexibility index (Phi) is 2.37. The first-order valence-corrected chi connectivity index (χ1v) is 5.92. The van der Waals surface area contributed by atoms with Gasteiger partial charge in [-0.2, -0.15) is 0 Å². The topological polar surface area (TPSA) is 41.5 Å². The lowest BCUT2D eigenvalue weighted by Crippen LogP contribution is -2.34. The van der Waals surface area contributed by atoms with E-state index in [1.54, 1.807) is 0 Å². The Hall–Kier alpha value is -1.06. The van der Waals surface area contributed by atoms with Crippen molar-refractivity contribution in [2.75, 3.05) is 13.2 Å². The van der Waals surface area contributed by atoms with Crippen molar-refractivity contribution in [3.8, 4) is 5.75 Å². The first-order chi connectivity index (χ1) is 7.81. The first-order valence-electron chi connectivity index (χ1n) is 5.92. The number of hydrogen-bond acceptors (Lipinski definition) is 3. The number of aliphatic hydroxyl groups excluding tert-OH is 1. The normalized spacial score (nSPS) is 20.3. The molecule has 3 heteroatoms. The Morgan fingerprint density at radius 2 is 2.25 bits per heavy atom. The molecule has 1 aliphatic heterocycles. The smallest absolute Gasteiger partial charge is 0.122 e. The van der Waals surface area contributed by atoms with Gasteiger partial charge in [0.2, 0.25) is 0 Å². The van der Waals surface area contributed by atoms with Gasteiger partial charge in [-0.15, -0.1) is 0 Å². The summed E-state index contributed by atoms with van der Waals surface area (Å²) in [7, 11) is 0. The van der Waals surface area contributed by atoms with E-state index in [4.69, 9.17) is 4.74 Å². The van der Waals surface area contributed by atoms with Crippen LogP contribution in [-0.2, 0) is 13.0 Å². The van der Waals surface area contributed by atoms with Gasteiger partial charge in [-0.3, -0.25) is 0 Å². The summed E-state index contributed by atoms with van der Waals surface area (Å²) in [6.07, 6.45) is 3.21. The van der Waals surface area contributed by atoms with Gasteiger partial charge in [0.1, 0.15) is 5.75 Å². The zero-order chi connectivity index (χ0) is 11.0. The average Bonchev–Trinajstić information content (AvgIpc) is 2.96. The maximum Gasteiger partial charge on any atom is 0.122 e. The summed E-state index contributed by atoms with van der Waals surface area (Å²) in [6, 6.07) is 6.37. The van der Waals surface area contributed by atoms with E-state index in [-0.39, 0.29) is 12.1 Å². The van der Waals surface area contributed by atoms with Crippen LogP contribution in [0.3, 0.4) is 0 Å². The van der Waals surface area contributed by atoms with Crippen LogP contribution in [-0.4, -0.2) is 23.9 Å².